The summed E-state index contributed by atoms with van der Waals surface area (Å²) >= 11 is 6.94. The Bertz CT molecular complexity index is 1260. The van der Waals surface area contributed by atoms with E-state index < -0.39 is 5.25 Å². The number of nitrogens with zero attached hydrogens (tertiary/aromatic N) is 2. The van der Waals surface area contributed by atoms with Gasteiger partial charge in [-0.1, -0.05) is 47.6 Å². The Hall–Kier alpha value is -3.47. The number of carbonyl (C=O) groups is 2. The highest BCUT2D eigenvalue weighted by atomic mass is 35.5. The third kappa shape index (κ3) is 5.19. The quantitative estimate of drug-likeness (QED) is 0.383. The van der Waals surface area contributed by atoms with Gasteiger partial charge in [-0.15, -0.1) is 0 Å². The summed E-state index contributed by atoms with van der Waals surface area (Å²) in [5, 5.41) is 8.97. The Morgan fingerprint density at radius 2 is 1.79 bits per heavy atom. The highest BCUT2D eigenvalue weighted by Crippen LogP contribution is 2.36. The first-order chi connectivity index (χ1) is 16.5. The molecule has 1 aliphatic heterocycles. The van der Waals surface area contributed by atoms with Gasteiger partial charge in [0.25, 0.3) is 5.24 Å². The maximum atomic E-state index is 13.0. The maximum Gasteiger partial charge on any atom is 0.293 e. The fraction of sp³-hybridized carbons (Fsp3) is 0.192. The lowest BCUT2D eigenvalue weighted by atomic mass is 10.1. The number of nitriles is 1. The lowest BCUT2D eigenvalue weighted by Crippen LogP contribution is -2.32. The normalized spacial score (nSPS) is 15.3. The van der Waals surface area contributed by atoms with Gasteiger partial charge in [-0.25, -0.2) is 4.90 Å². The van der Waals surface area contributed by atoms with Crippen molar-refractivity contribution in [3.63, 3.8) is 0 Å². The van der Waals surface area contributed by atoms with Gasteiger partial charge in [0.2, 0.25) is 5.91 Å². The molecule has 0 saturated carbocycles. The second-order valence-corrected chi connectivity index (χ2v) is 9.09. The Kier molecular flexibility index (Phi) is 7.41. The molecule has 0 N–H and O–H groups in total. The SMILES string of the molecule is CCOc1cc(C[C@@H]2SC(=O)N(c3ccc(Cl)cc3)C2=O)ccc1OCc1ccccc1C#N. The van der Waals surface area contributed by atoms with Crippen molar-refractivity contribution >= 4 is 40.2 Å². The molecule has 8 heteroatoms. The van der Waals surface area contributed by atoms with Gasteiger partial charge in [-0.2, -0.15) is 5.26 Å². The minimum Gasteiger partial charge on any atom is -0.490 e. The van der Waals surface area contributed by atoms with Crippen LogP contribution in [0.4, 0.5) is 10.5 Å². The first-order valence-corrected chi connectivity index (χ1v) is 11.9. The van der Waals surface area contributed by atoms with Gasteiger partial charge in [0.05, 0.1) is 29.2 Å². The number of rotatable bonds is 8. The summed E-state index contributed by atoms with van der Waals surface area (Å²) in [7, 11) is 0. The number of anilines is 1. The standard InChI is InChI=1S/C26H21ClN2O4S/c1-2-32-23-13-17(7-12-22(23)33-16-19-6-4-3-5-18(19)15-28)14-24-25(30)29(26(31)34-24)21-10-8-20(27)9-11-21/h3-13,24H,2,14,16H2,1H3/t24-/m0/s1. The molecule has 0 aromatic heterocycles. The van der Waals surface area contributed by atoms with E-state index in [0.717, 1.165) is 22.9 Å². The lowest BCUT2D eigenvalue weighted by Gasteiger charge is -2.16. The summed E-state index contributed by atoms with van der Waals surface area (Å²) < 4.78 is 11.7. The molecule has 0 bridgehead atoms. The zero-order chi connectivity index (χ0) is 24.1. The molecule has 1 atom stereocenters. The average molecular weight is 493 g/mol. The Balaban J connectivity index is 1.49. The minimum absolute atomic E-state index is 0.227. The largest absolute Gasteiger partial charge is 0.490 e. The van der Waals surface area contributed by atoms with Crippen LogP contribution in [0.15, 0.2) is 66.7 Å². The van der Waals surface area contributed by atoms with Crippen LogP contribution < -0.4 is 14.4 Å². The second-order valence-electron chi connectivity index (χ2n) is 7.50. The van der Waals surface area contributed by atoms with Crippen molar-refractivity contribution in [1.29, 1.82) is 5.26 Å². The van der Waals surface area contributed by atoms with Gasteiger partial charge in [-0.05, 0) is 61.4 Å². The van der Waals surface area contributed by atoms with Gasteiger partial charge in [0.15, 0.2) is 11.5 Å². The van der Waals surface area contributed by atoms with Gasteiger partial charge in [0.1, 0.15) is 6.61 Å². The third-order valence-corrected chi connectivity index (χ3v) is 6.55. The first-order valence-electron chi connectivity index (χ1n) is 10.7. The molecular weight excluding hydrogens is 472 g/mol. The minimum atomic E-state index is -0.535. The summed E-state index contributed by atoms with van der Waals surface area (Å²) in [5.41, 5.74) is 2.70. The van der Waals surface area contributed by atoms with E-state index in [2.05, 4.69) is 6.07 Å². The predicted molar refractivity (Wildman–Crippen MR) is 133 cm³/mol. The zero-order valence-electron chi connectivity index (χ0n) is 18.4. The molecule has 6 nitrogen and oxygen atoms in total. The number of ether oxygens (including phenoxy) is 2. The Morgan fingerprint density at radius 3 is 2.53 bits per heavy atom. The summed E-state index contributed by atoms with van der Waals surface area (Å²) in [6.07, 6.45) is 0.372. The topological polar surface area (TPSA) is 79.6 Å². The van der Waals surface area contributed by atoms with Gasteiger partial charge < -0.3 is 9.47 Å². The van der Waals surface area contributed by atoms with Crippen LogP contribution in [0, 0.1) is 11.3 Å². The van der Waals surface area contributed by atoms with Gasteiger partial charge >= 0.3 is 0 Å². The van der Waals surface area contributed by atoms with E-state index >= 15 is 0 Å². The van der Waals surface area contributed by atoms with Gasteiger partial charge in [0, 0.05) is 10.6 Å². The van der Waals surface area contributed by atoms with Crippen LogP contribution in [0.3, 0.4) is 0 Å². The van der Waals surface area contributed by atoms with Gasteiger partial charge in [-0.3, -0.25) is 9.59 Å². The molecule has 34 heavy (non-hydrogen) atoms. The van der Waals surface area contributed by atoms with Crippen LogP contribution in [0.2, 0.25) is 5.02 Å². The van der Waals surface area contributed by atoms with Crippen LogP contribution in [-0.2, 0) is 17.8 Å². The Labute approximate surface area is 207 Å². The molecule has 0 spiro atoms. The van der Waals surface area contributed by atoms with E-state index in [1.54, 1.807) is 36.4 Å². The highest BCUT2D eigenvalue weighted by molar-refractivity contribution is 8.15. The molecule has 3 aromatic rings. The van der Waals surface area contributed by atoms with Crippen molar-refractivity contribution in [3.8, 4) is 17.6 Å². The molecule has 0 aliphatic carbocycles. The monoisotopic (exact) mass is 492 g/mol. The van der Waals surface area contributed by atoms with Crippen LogP contribution in [0.25, 0.3) is 0 Å². The molecule has 1 fully saturated rings. The molecule has 0 unspecified atom stereocenters. The molecule has 1 heterocycles. The summed E-state index contributed by atoms with van der Waals surface area (Å²) in [6.45, 7) is 2.54. The molecule has 172 valence electrons. The van der Waals surface area contributed by atoms with Crippen LogP contribution in [0.5, 0.6) is 11.5 Å². The molecule has 0 radical (unpaired) electrons. The number of thioether (sulfide) groups is 1. The first kappa shape index (κ1) is 23.7. The summed E-state index contributed by atoms with van der Waals surface area (Å²) in [4.78, 5) is 26.7. The maximum absolute atomic E-state index is 13.0. The fourth-order valence-corrected chi connectivity index (χ4v) is 4.75. The van der Waals surface area contributed by atoms with Crippen LogP contribution in [-0.4, -0.2) is 23.0 Å². The number of imide groups is 1. The van der Waals surface area contributed by atoms with E-state index in [0.29, 0.717) is 40.8 Å². The number of halogens is 1. The third-order valence-electron chi connectivity index (χ3n) is 5.26. The van der Waals surface area contributed by atoms with Crippen molar-refractivity contribution in [3.05, 3.63) is 88.4 Å². The van der Waals surface area contributed by atoms with E-state index in [1.807, 2.05) is 37.3 Å². The molecule has 1 aliphatic rings. The Morgan fingerprint density at radius 1 is 1.03 bits per heavy atom. The molecule has 3 aromatic carbocycles. The summed E-state index contributed by atoms with van der Waals surface area (Å²) in [5.74, 6) is 0.831. The van der Waals surface area contributed by atoms with Crippen molar-refractivity contribution in [1.82, 2.24) is 0 Å². The molecular formula is C26H21ClN2O4S. The van der Waals surface area contributed by atoms with E-state index in [4.69, 9.17) is 21.1 Å². The number of amides is 2. The van der Waals surface area contributed by atoms with Crippen molar-refractivity contribution in [2.45, 2.75) is 25.2 Å². The number of hydrogen-bond acceptors (Lipinski definition) is 6. The second kappa shape index (κ2) is 10.6. The molecule has 2 amide bonds. The molecule has 1 saturated heterocycles. The van der Waals surface area contributed by atoms with E-state index in [9.17, 15) is 14.9 Å². The lowest BCUT2D eigenvalue weighted by molar-refractivity contribution is -0.117. The number of carbonyl (C=O) groups excluding carboxylic acids is 2. The summed E-state index contributed by atoms with van der Waals surface area (Å²) in [6, 6.07) is 21.5. The van der Waals surface area contributed by atoms with E-state index in [1.165, 1.54) is 4.90 Å². The average Bonchev–Trinajstić information content (AvgIpc) is 3.12. The van der Waals surface area contributed by atoms with Crippen molar-refractivity contribution in [2.75, 3.05) is 11.5 Å². The van der Waals surface area contributed by atoms with E-state index in [-0.39, 0.29) is 17.8 Å². The van der Waals surface area contributed by atoms with Crippen LogP contribution >= 0.6 is 23.4 Å². The van der Waals surface area contributed by atoms with Crippen molar-refractivity contribution in [2.24, 2.45) is 0 Å². The van der Waals surface area contributed by atoms with Crippen LogP contribution in [0.1, 0.15) is 23.6 Å². The number of benzene rings is 3. The highest BCUT2D eigenvalue weighted by Gasteiger charge is 2.40. The number of hydrogen-bond donors (Lipinski definition) is 0. The smallest absolute Gasteiger partial charge is 0.293 e. The fourth-order valence-electron chi connectivity index (χ4n) is 3.60. The zero-order valence-corrected chi connectivity index (χ0v) is 19.9. The predicted octanol–water partition coefficient (Wildman–Crippen LogP) is 6.00. The molecule has 4 rings (SSSR count). The van der Waals surface area contributed by atoms with Crippen molar-refractivity contribution < 1.29 is 19.1 Å².